The van der Waals surface area contributed by atoms with Crippen molar-refractivity contribution < 1.29 is 14.0 Å². The topological polar surface area (TPSA) is 71.3 Å². The Morgan fingerprint density at radius 2 is 1.93 bits per heavy atom. The summed E-state index contributed by atoms with van der Waals surface area (Å²) >= 11 is 0. The van der Waals surface area contributed by atoms with Crippen LogP contribution in [0.3, 0.4) is 0 Å². The van der Waals surface area contributed by atoms with Crippen molar-refractivity contribution in [2.45, 2.75) is 45.3 Å². The van der Waals surface area contributed by atoms with E-state index in [9.17, 15) is 14.0 Å². The van der Waals surface area contributed by atoms with Gasteiger partial charge in [0.25, 0.3) is 0 Å². The average Bonchev–Trinajstić information content (AvgIpc) is 3.29. The quantitative estimate of drug-likeness (QED) is 0.823. The predicted octanol–water partition coefficient (Wildman–Crippen LogP) is 1.69. The first-order valence-electron chi connectivity index (χ1n) is 9.24. The van der Waals surface area contributed by atoms with Crippen molar-refractivity contribution >= 4 is 11.8 Å². The highest BCUT2D eigenvalue weighted by molar-refractivity contribution is 5.78. The lowest BCUT2D eigenvalue weighted by Crippen LogP contribution is -2.40. The Bertz CT molecular complexity index is 863. The summed E-state index contributed by atoms with van der Waals surface area (Å²) in [5.74, 6) is 1.31. The maximum Gasteiger partial charge on any atom is 0.227 e. The molecule has 0 radical (unpaired) electrons. The van der Waals surface area contributed by atoms with Crippen molar-refractivity contribution in [1.82, 2.24) is 24.6 Å². The van der Waals surface area contributed by atoms with Gasteiger partial charge in [0.1, 0.15) is 5.82 Å². The van der Waals surface area contributed by atoms with E-state index in [0.29, 0.717) is 19.6 Å². The molecule has 4 rings (SSSR count). The number of likely N-dealkylation sites (tertiary alicyclic amines) is 1. The number of hydrogen-bond donors (Lipinski definition) is 0. The number of benzene rings is 1. The molecule has 1 aromatic heterocycles. The van der Waals surface area contributed by atoms with E-state index < -0.39 is 0 Å². The molecular formula is C19H22FN5O2. The molecular weight excluding hydrogens is 349 g/mol. The monoisotopic (exact) mass is 371 g/mol. The van der Waals surface area contributed by atoms with E-state index in [1.165, 1.54) is 12.1 Å². The van der Waals surface area contributed by atoms with Crippen LogP contribution in [0.15, 0.2) is 24.3 Å². The Labute approximate surface area is 156 Å². The Morgan fingerprint density at radius 1 is 1.15 bits per heavy atom. The Hall–Kier alpha value is -2.77. The molecule has 7 nitrogen and oxygen atoms in total. The number of carbonyl (C=O) groups is 2. The SMILES string of the molecule is CC(=O)N1CCCC1c1nnc2n1CCN(C(=O)Cc1ccc(F)cc1)C2. The molecule has 142 valence electrons. The maximum atomic E-state index is 13.0. The lowest BCUT2D eigenvalue weighted by Gasteiger charge is -2.30. The predicted molar refractivity (Wildman–Crippen MR) is 94.9 cm³/mol. The lowest BCUT2D eigenvalue weighted by atomic mass is 10.1. The van der Waals surface area contributed by atoms with Crippen LogP contribution in [0.4, 0.5) is 4.39 Å². The highest BCUT2D eigenvalue weighted by Crippen LogP contribution is 2.32. The molecule has 3 heterocycles. The Kier molecular flexibility index (Phi) is 4.63. The van der Waals surface area contributed by atoms with E-state index in [2.05, 4.69) is 10.2 Å². The first-order valence-corrected chi connectivity index (χ1v) is 9.24. The number of rotatable bonds is 3. The molecule has 2 aromatic rings. The minimum atomic E-state index is -0.309. The largest absolute Gasteiger partial charge is 0.333 e. The minimum absolute atomic E-state index is 0.0105. The molecule has 0 aliphatic carbocycles. The van der Waals surface area contributed by atoms with Gasteiger partial charge in [-0.25, -0.2) is 4.39 Å². The third-order valence-electron chi connectivity index (χ3n) is 5.36. The average molecular weight is 371 g/mol. The van der Waals surface area contributed by atoms with Crippen molar-refractivity contribution in [3.05, 3.63) is 47.3 Å². The zero-order chi connectivity index (χ0) is 19.0. The fourth-order valence-corrected chi connectivity index (χ4v) is 3.94. The van der Waals surface area contributed by atoms with Gasteiger partial charge >= 0.3 is 0 Å². The first kappa shape index (κ1) is 17.6. The van der Waals surface area contributed by atoms with E-state index in [4.69, 9.17) is 0 Å². The van der Waals surface area contributed by atoms with Crippen LogP contribution in [0.1, 0.15) is 43.0 Å². The molecule has 27 heavy (non-hydrogen) atoms. The van der Waals surface area contributed by atoms with Crippen molar-refractivity contribution in [1.29, 1.82) is 0 Å². The van der Waals surface area contributed by atoms with Crippen molar-refractivity contribution in [2.24, 2.45) is 0 Å². The van der Waals surface area contributed by atoms with Crippen molar-refractivity contribution in [3.63, 3.8) is 0 Å². The third kappa shape index (κ3) is 3.43. The van der Waals surface area contributed by atoms with Crippen LogP contribution < -0.4 is 0 Å². The highest BCUT2D eigenvalue weighted by Gasteiger charge is 2.34. The van der Waals surface area contributed by atoms with E-state index in [0.717, 1.165) is 36.6 Å². The summed E-state index contributed by atoms with van der Waals surface area (Å²) < 4.78 is 15.1. The summed E-state index contributed by atoms with van der Waals surface area (Å²) in [6.07, 6.45) is 2.10. The van der Waals surface area contributed by atoms with Crippen LogP contribution in [0.5, 0.6) is 0 Å². The zero-order valence-electron chi connectivity index (χ0n) is 15.3. The summed E-state index contributed by atoms with van der Waals surface area (Å²) in [7, 11) is 0. The summed E-state index contributed by atoms with van der Waals surface area (Å²) in [4.78, 5) is 28.0. The fraction of sp³-hybridized carbons (Fsp3) is 0.474. The summed E-state index contributed by atoms with van der Waals surface area (Å²) in [6.45, 7) is 3.94. The summed E-state index contributed by atoms with van der Waals surface area (Å²) in [5, 5.41) is 8.62. The Balaban J connectivity index is 1.46. The van der Waals surface area contributed by atoms with Gasteiger partial charge in [-0.05, 0) is 30.5 Å². The van der Waals surface area contributed by atoms with Gasteiger partial charge in [0.15, 0.2) is 11.6 Å². The van der Waals surface area contributed by atoms with E-state index in [1.54, 1.807) is 24.0 Å². The summed E-state index contributed by atoms with van der Waals surface area (Å²) in [5.41, 5.74) is 0.789. The molecule has 1 saturated heterocycles. The van der Waals surface area contributed by atoms with Gasteiger partial charge in [-0.1, -0.05) is 12.1 Å². The molecule has 0 bridgehead atoms. The van der Waals surface area contributed by atoms with Crippen LogP contribution in [-0.4, -0.2) is 49.5 Å². The molecule has 0 spiro atoms. The summed E-state index contributed by atoms with van der Waals surface area (Å²) in [6, 6.07) is 5.97. The molecule has 0 saturated carbocycles. The van der Waals surface area contributed by atoms with Gasteiger partial charge in [0.2, 0.25) is 11.8 Å². The number of fused-ring (bicyclic) bond motifs is 1. The molecule has 2 amide bonds. The third-order valence-corrected chi connectivity index (χ3v) is 5.36. The van der Waals surface area contributed by atoms with Gasteiger partial charge in [-0.2, -0.15) is 0 Å². The van der Waals surface area contributed by atoms with Gasteiger partial charge in [0.05, 0.1) is 19.0 Å². The first-order chi connectivity index (χ1) is 13.0. The molecule has 1 unspecified atom stereocenters. The van der Waals surface area contributed by atoms with Gasteiger partial charge in [-0.3, -0.25) is 9.59 Å². The van der Waals surface area contributed by atoms with E-state index >= 15 is 0 Å². The number of nitrogens with zero attached hydrogens (tertiary/aromatic N) is 5. The van der Waals surface area contributed by atoms with Crippen LogP contribution in [0.2, 0.25) is 0 Å². The van der Waals surface area contributed by atoms with Crippen LogP contribution in [-0.2, 0) is 29.1 Å². The second kappa shape index (κ2) is 7.09. The standard InChI is InChI=1S/C19H22FN5O2/c1-13(26)24-8-2-3-16(24)19-22-21-17-12-23(9-10-25(17)19)18(27)11-14-4-6-15(20)7-5-14/h4-7,16H,2-3,8-12H2,1H3. The second-order valence-corrected chi connectivity index (χ2v) is 7.12. The molecule has 8 heteroatoms. The molecule has 1 fully saturated rings. The molecule has 2 aliphatic rings. The molecule has 0 N–H and O–H groups in total. The van der Waals surface area contributed by atoms with Crippen molar-refractivity contribution in [3.8, 4) is 0 Å². The molecule has 2 aliphatic heterocycles. The zero-order valence-corrected chi connectivity index (χ0v) is 15.3. The van der Waals surface area contributed by atoms with Gasteiger partial charge < -0.3 is 14.4 Å². The smallest absolute Gasteiger partial charge is 0.227 e. The van der Waals surface area contributed by atoms with Gasteiger partial charge in [-0.15, -0.1) is 10.2 Å². The minimum Gasteiger partial charge on any atom is -0.333 e. The lowest BCUT2D eigenvalue weighted by molar-refractivity contribution is -0.132. The number of hydrogen-bond acceptors (Lipinski definition) is 4. The van der Waals surface area contributed by atoms with Gasteiger partial charge in [0, 0.05) is 26.6 Å². The van der Waals surface area contributed by atoms with E-state index in [-0.39, 0.29) is 30.1 Å². The molecule has 1 aromatic carbocycles. The normalized spacial score (nSPS) is 19.3. The second-order valence-electron chi connectivity index (χ2n) is 7.12. The van der Waals surface area contributed by atoms with Crippen LogP contribution >= 0.6 is 0 Å². The van der Waals surface area contributed by atoms with E-state index in [1.807, 2.05) is 9.47 Å². The van der Waals surface area contributed by atoms with Crippen molar-refractivity contribution in [2.75, 3.05) is 13.1 Å². The number of carbonyl (C=O) groups excluding carboxylic acids is 2. The number of amides is 2. The van der Waals surface area contributed by atoms with Crippen LogP contribution in [0.25, 0.3) is 0 Å². The number of aromatic nitrogens is 3. The number of halogens is 1. The fourth-order valence-electron chi connectivity index (χ4n) is 3.94. The molecule has 1 atom stereocenters. The Morgan fingerprint density at radius 3 is 2.67 bits per heavy atom. The maximum absolute atomic E-state index is 13.0. The van der Waals surface area contributed by atoms with Crippen LogP contribution in [0, 0.1) is 5.82 Å². The highest BCUT2D eigenvalue weighted by atomic mass is 19.1.